The summed E-state index contributed by atoms with van der Waals surface area (Å²) in [4.78, 5) is 0.863. The van der Waals surface area contributed by atoms with E-state index in [1.54, 1.807) is 12.1 Å². The molecule has 0 aliphatic rings. The highest BCUT2D eigenvalue weighted by Crippen LogP contribution is 2.24. The lowest BCUT2D eigenvalue weighted by Gasteiger charge is -2.09. The number of thiophene rings is 1. The predicted molar refractivity (Wildman–Crippen MR) is 67.1 cm³/mol. The van der Waals surface area contributed by atoms with E-state index < -0.39 is 6.10 Å². The monoisotopic (exact) mass is 300 g/mol. The highest BCUT2D eigenvalue weighted by atomic mass is 79.9. The average molecular weight is 301 g/mol. The second kappa shape index (κ2) is 5.08. The summed E-state index contributed by atoms with van der Waals surface area (Å²) in [7, 11) is 0. The van der Waals surface area contributed by atoms with Crippen LogP contribution in [0, 0.1) is 5.82 Å². The van der Waals surface area contributed by atoms with Crippen LogP contribution in [0.25, 0.3) is 0 Å². The molecule has 1 aromatic carbocycles. The Morgan fingerprint density at radius 2 is 2.19 bits per heavy atom. The van der Waals surface area contributed by atoms with E-state index in [-0.39, 0.29) is 5.82 Å². The maximum Gasteiger partial charge on any atom is 0.127 e. The van der Waals surface area contributed by atoms with Crippen molar-refractivity contribution in [2.24, 2.45) is 0 Å². The highest BCUT2D eigenvalue weighted by Gasteiger charge is 2.12. The third-order valence-corrected chi connectivity index (χ3v) is 3.77. The van der Waals surface area contributed by atoms with Crippen LogP contribution in [0.15, 0.2) is 40.2 Å². The van der Waals surface area contributed by atoms with Gasteiger partial charge in [0.25, 0.3) is 0 Å². The molecule has 0 spiro atoms. The van der Waals surface area contributed by atoms with E-state index in [2.05, 4.69) is 15.9 Å². The van der Waals surface area contributed by atoms with Crippen molar-refractivity contribution in [1.82, 2.24) is 0 Å². The Balaban J connectivity index is 2.15. The van der Waals surface area contributed by atoms with Crippen molar-refractivity contribution in [3.05, 3.63) is 56.4 Å². The van der Waals surface area contributed by atoms with Crippen molar-refractivity contribution in [1.29, 1.82) is 0 Å². The van der Waals surface area contributed by atoms with Gasteiger partial charge >= 0.3 is 0 Å². The van der Waals surface area contributed by atoms with E-state index in [9.17, 15) is 9.50 Å². The number of aliphatic hydroxyl groups is 1. The van der Waals surface area contributed by atoms with Gasteiger partial charge in [0.15, 0.2) is 0 Å². The van der Waals surface area contributed by atoms with E-state index in [0.717, 1.165) is 4.88 Å². The average Bonchev–Trinajstić information content (AvgIpc) is 2.75. The normalized spacial score (nSPS) is 12.7. The summed E-state index contributed by atoms with van der Waals surface area (Å²) in [6, 6.07) is 8.61. The van der Waals surface area contributed by atoms with Gasteiger partial charge in [-0.3, -0.25) is 0 Å². The summed E-state index contributed by atoms with van der Waals surface area (Å²) in [6.07, 6.45) is -0.324. The Kier molecular flexibility index (Phi) is 3.74. The van der Waals surface area contributed by atoms with Crippen LogP contribution in [0.1, 0.15) is 16.5 Å². The van der Waals surface area contributed by atoms with Gasteiger partial charge in [-0.25, -0.2) is 4.39 Å². The lowest BCUT2D eigenvalue weighted by molar-refractivity contribution is 0.181. The first-order valence-electron chi connectivity index (χ1n) is 4.82. The molecule has 1 N–H and O–H groups in total. The molecule has 2 rings (SSSR count). The second-order valence-corrected chi connectivity index (χ2v) is 5.37. The van der Waals surface area contributed by atoms with Crippen molar-refractivity contribution >= 4 is 27.3 Å². The number of hydrogen-bond acceptors (Lipinski definition) is 2. The molecule has 84 valence electrons. The molecule has 1 aromatic heterocycles. The number of rotatable bonds is 3. The van der Waals surface area contributed by atoms with E-state index in [1.165, 1.54) is 17.4 Å². The van der Waals surface area contributed by atoms with E-state index in [4.69, 9.17) is 0 Å². The third kappa shape index (κ3) is 2.70. The van der Waals surface area contributed by atoms with Crippen LogP contribution in [-0.4, -0.2) is 5.11 Å². The van der Waals surface area contributed by atoms with Gasteiger partial charge in [-0.1, -0.05) is 28.1 Å². The number of aliphatic hydroxyl groups excluding tert-OH is 1. The van der Waals surface area contributed by atoms with Crippen molar-refractivity contribution in [3.63, 3.8) is 0 Å². The maximum absolute atomic E-state index is 13.5. The summed E-state index contributed by atoms with van der Waals surface area (Å²) in [6.45, 7) is 0. The molecule has 0 radical (unpaired) electrons. The van der Waals surface area contributed by atoms with Crippen LogP contribution in [0.3, 0.4) is 0 Å². The van der Waals surface area contributed by atoms with Crippen molar-refractivity contribution < 1.29 is 9.50 Å². The van der Waals surface area contributed by atoms with Crippen LogP contribution in [0.5, 0.6) is 0 Å². The van der Waals surface area contributed by atoms with Gasteiger partial charge in [0, 0.05) is 15.8 Å². The van der Waals surface area contributed by atoms with Crippen LogP contribution >= 0.6 is 27.3 Å². The Morgan fingerprint density at radius 1 is 1.38 bits per heavy atom. The van der Waals surface area contributed by atoms with Crippen LogP contribution in [0.4, 0.5) is 4.39 Å². The molecule has 4 heteroatoms. The summed E-state index contributed by atoms with van der Waals surface area (Å²) in [5.74, 6) is -0.287. The SMILES string of the molecule is OC(Cc1ccc(Br)cc1F)c1cccs1. The summed E-state index contributed by atoms with van der Waals surface area (Å²) in [5, 5.41) is 11.8. The largest absolute Gasteiger partial charge is 0.387 e. The Morgan fingerprint density at radius 3 is 2.81 bits per heavy atom. The zero-order valence-corrected chi connectivity index (χ0v) is 10.8. The highest BCUT2D eigenvalue weighted by molar-refractivity contribution is 9.10. The first-order valence-corrected chi connectivity index (χ1v) is 6.49. The summed E-state index contributed by atoms with van der Waals surface area (Å²) >= 11 is 4.68. The minimum atomic E-state index is -0.629. The van der Waals surface area contributed by atoms with Gasteiger partial charge in [0.1, 0.15) is 5.82 Å². The fourth-order valence-electron chi connectivity index (χ4n) is 1.48. The molecule has 1 unspecified atom stereocenters. The minimum Gasteiger partial charge on any atom is -0.387 e. The molecular formula is C12H10BrFOS. The van der Waals surface area contributed by atoms with Gasteiger partial charge in [0.2, 0.25) is 0 Å². The van der Waals surface area contributed by atoms with E-state index >= 15 is 0 Å². The quantitative estimate of drug-likeness (QED) is 0.911. The Labute approximate surface area is 106 Å². The third-order valence-electron chi connectivity index (χ3n) is 2.30. The van der Waals surface area contributed by atoms with Gasteiger partial charge in [-0.15, -0.1) is 11.3 Å². The smallest absolute Gasteiger partial charge is 0.127 e. The Bertz CT molecular complexity index is 470. The number of hydrogen-bond donors (Lipinski definition) is 1. The fraction of sp³-hybridized carbons (Fsp3) is 0.167. The molecule has 2 aromatic rings. The van der Waals surface area contributed by atoms with Crippen molar-refractivity contribution in [2.45, 2.75) is 12.5 Å². The molecule has 0 aliphatic heterocycles. The molecule has 1 heterocycles. The molecular weight excluding hydrogens is 291 g/mol. The van der Waals surface area contributed by atoms with E-state index in [1.807, 2.05) is 17.5 Å². The molecule has 0 saturated heterocycles. The molecule has 0 bridgehead atoms. The van der Waals surface area contributed by atoms with Crippen LogP contribution in [-0.2, 0) is 6.42 Å². The first-order chi connectivity index (χ1) is 7.66. The van der Waals surface area contributed by atoms with Gasteiger partial charge < -0.3 is 5.11 Å². The van der Waals surface area contributed by atoms with Crippen LogP contribution < -0.4 is 0 Å². The zero-order chi connectivity index (χ0) is 11.5. The van der Waals surface area contributed by atoms with Gasteiger partial charge in [0.05, 0.1) is 6.10 Å². The van der Waals surface area contributed by atoms with Crippen molar-refractivity contribution in [2.75, 3.05) is 0 Å². The number of benzene rings is 1. The molecule has 1 atom stereocenters. The van der Waals surface area contributed by atoms with Crippen LogP contribution in [0.2, 0.25) is 0 Å². The predicted octanol–water partition coefficient (Wildman–Crippen LogP) is 3.93. The summed E-state index contributed by atoms with van der Waals surface area (Å²) < 4.78 is 14.2. The lowest BCUT2D eigenvalue weighted by Crippen LogP contribution is -2.01. The zero-order valence-electron chi connectivity index (χ0n) is 8.36. The van der Waals surface area contributed by atoms with Gasteiger partial charge in [-0.05, 0) is 29.1 Å². The lowest BCUT2D eigenvalue weighted by atomic mass is 10.1. The topological polar surface area (TPSA) is 20.2 Å². The number of halogens is 2. The maximum atomic E-state index is 13.5. The van der Waals surface area contributed by atoms with Gasteiger partial charge in [-0.2, -0.15) is 0 Å². The molecule has 0 fully saturated rings. The molecule has 0 aliphatic carbocycles. The molecule has 1 nitrogen and oxygen atoms in total. The second-order valence-electron chi connectivity index (χ2n) is 3.47. The first kappa shape index (κ1) is 11.8. The molecule has 16 heavy (non-hydrogen) atoms. The Hall–Kier alpha value is -0.710. The minimum absolute atomic E-state index is 0.287. The van der Waals surface area contributed by atoms with E-state index in [0.29, 0.717) is 16.5 Å². The summed E-state index contributed by atoms with van der Waals surface area (Å²) in [5.41, 5.74) is 0.532. The fourth-order valence-corrected chi connectivity index (χ4v) is 2.52. The standard InChI is InChI=1S/C12H10BrFOS/c13-9-4-3-8(10(14)7-9)6-11(15)12-2-1-5-16-12/h1-5,7,11,15H,6H2. The molecule has 0 amide bonds. The molecule has 0 saturated carbocycles. The van der Waals surface area contributed by atoms with Crippen molar-refractivity contribution in [3.8, 4) is 0 Å².